The number of anilines is 1. The summed E-state index contributed by atoms with van der Waals surface area (Å²) in [4.78, 5) is 33.7. The fourth-order valence-electron chi connectivity index (χ4n) is 3.63. The molecule has 3 aromatic heterocycles. The van der Waals surface area contributed by atoms with Crippen molar-refractivity contribution in [2.45, 2.75) is 6.92 Å². The van der Waals surface area contributed by atoms with E-state index in [2.05, 4.69) is 10.3 Å². The van der Waals surface area contributed by atoms with E-state index in [-0.39, 0.29) is 5.91 Å². The van der Waals surface area contributed by atoms with Gasteiger partial charge in [-0.15, -0.1) is 0 Å². The minimum Gasteiger partial charge on any atom is -0.423 e. The zero-order chi connectivity index (χ0) is 21.4. The summed E-state index contributed by atoms with van der Waals surface area (Å²) in [5.41, 5.74) is 4.16. The molecule has 0 radical (unpaired) electrons. The Kier molecular flexibility index (Phi) is 4.52. The van der Waals surface area contributed by atoms with Crippen LogP contribution >= 0.6 is 0 Å². The van der Waals surface area contributed by atoms with Crippen LogP contribution in [-0.4, -0.2) is 15.9 Å². The molecule has 5 rings (SSSR count). The van der Waals surface area contributed by atoms with Crippen LogP contribution < -0.4 is 10.9 Å². The van der Waals surface area contributed by atoms with Gasteiger partial charge in [-0.05, 0) is 48.9 Å². The Hall–Kier alpha value is -4.32. The topological polar surface area (TPSA) is 85.1 Å². The Bertz CT molecular complexity index is 1510. The maximum absolute atomic E-state index is 13.2. The molecule has 31 heavy (non-hydrogen) atoms. The molecule has 0 unspecified atom stereocenters. The standard InChI is InChI=1S/C25H17N3O3/c1-15-12-24(29)31-23-13-17(6-7-18(15)23)27-25(30)20-14-22(16-8-10-26-11-9-16)28-21-5-3-2-4-19(20)21/h2-14H,1H3,(H,27,30). The second kappa shape index (κ2) is 7.50. The van der Waals surface area contributed by atoms with Crippen molar-refractivity contribution < 1.29 is 9.21 Å². The molecule has 0 saturated carbocycles. The molecule has 6 heteroatoms. The molecule has 2 aromatic carbocycles. The number of carbonyl (C=O) groups excluding carboxylic acids is 1. The van der Waals surface area contributed by atoms with Gasteiger partial charge in [-0.25, -0.2) is 9.78 Å². The average Bonchev–Trinajstić information content (AvgIpc) is 2.78. The number of fused-ring (bicyclic) bond motifs is 2. The Labute approximate surface area is 177 Å². The molecule has 0 fully saturated rings. The molecule has 0 aliphatic rings. The van der Waals surface area contributed by atoms with Gasteiger partial charge in [0.05, 0.1) is 16.8 Å². The van der Waals surface area contributed by atoms with E-state index in [9.17, 15) is 9.59 Å². The number of pyridine rings is 2. The van der Waals surface area contributed by atoms with Gasteiger partial charge in [0.25, 0.3) is 5.91 Å². The fourth-order valence-corrected chi connectivity index (χ4v) is 3.63. The minimum atomic E-state index is -0.421. The van der Waals surface area contributed by atoms with Gasteiger partial charge in [-0.2, -0.15) is 0 Å². The number of benzene rings is 2. The lowest BCUT2D eigenvalue weighted by atomic mass is 10.0. The number of aryl methyl sites for hydroxylation is 1. The number of hydrogen-bond donors (Lipinski definition) is 1. The van der Waals surface area contributed by atoms with E-state index in [1.807, 2.05) is 49.4 Å². The molecule has 6 nitrogen and oxygen atoms in total. The van der Waals surface area contributed by atoms with E-state index in [4.69, 9.17) is 9.40 Å². The molecule has 0 aliphatic carbocycles. The van der Waals surface area contributed by atoms with Gasteiger partial charge < -0.3 is 9.73 Å². The number of para-hydroxylation sites is 1. The van der Waals surface area contributed by atoms with E-state index in [1.54, 1.807) is 30.6 Å². The lowest BCUT2D eigenvalue weighted by Gasteiger charge is -2.11. The predicted octanol–water partition coefficient (Wildman–Crippen LogP) is 4.96. The quantitative estimate of drug-likeness (QED) is 0.427. The van der Waals surface area contributed by atoms with Crippen molar-refractivity contribution in [3.05, 3.63) is 101 Å². The van der Waals surface area contributed by atoms with Crippen LogP contribution in [0.25, 0.3) is 33.1 Å². The number of rotatable bonds is 3. The summed E-state index contributed by atoms with van der Waals surface area (Å²) in [7, 11) is 0. The Morgan fingerprint density at radius 2 is 1.74 bits per heavy atom. The van der Waals surface area contributed by atoms with Crippen LogP contribution in [0.4, 0.5) is 5.69 Å². The number of hydrogen-bond acceptors (Lipinski definition) is 5. The third kappa shape index (κ3) is 3.55. The summed E-state index contributed by atoms with van der Waals surface area (Å²) in [5.74, 6) is -0.275. The summed E-state index contributed by atoms with van der Waals surface area (Å²) in [6, 6.07) is 19.7. The second-order valence-corrected chi connectivity index (χ2v) is 7.22. The van der Waals surface area contributed by atoms with Crippen LogP contribution in [0.15, 0.2) is 88.3 Å². The summed E-state index contributed by atoms with van der Waals surface area (Å²) in [6.07, 6.45) is 3.38. The molecule has 0 saturated heterocycles. The van der Waals surface area contributed by atoms with E-state index in [0.29, 0.717) is 22.5 Å². The smallest absolute Gasteiger partial charge is 0.336 e. The first kappa shape index (κ1) is 18.7. The van der Waals surface area contributed by atoms with Crippen LogP contribution in [-0.2, 0) is 0 Å². The van der Waals surface area contributed by atoms with Crippen molar-refractivity contribution in [2.24, 2.45) is 0 Å². The monoisotopic (exact) mass is 407 g/mol. The first-order valence-electron chi connectivity index (χ1n) is 9.74. The summed E-state index contributed by atoms with van der Waals surface area (Å²) < 4.78 is 5.29. The molecule has 3 heterocycles. The fraction of sp³-hybridized carbons (Fsp3) is 0.0400. The van der Waals surface area contributed by atoms with E-state index < -0.39 is 5.63 Å². The van der Waals surface area contributed by atoms with E-state index in [0.717, 1.165) is 27.4 Å². The van der Waals surface area contributed by atoms with Crippen molar-refractivity contribution in [1.82, 2.24) is 9.97 Å². The Morgan fingerprint density at radius 1 is 0.935 bits per heavy atom. The zero-order valence-corrected chi connectivity index (χ0v) is 16.6. The van der Waals surface area contributed by atoms with Crippen LogP contribution in [0.3, 0.4) is 0 Å². The van der Waals surface area contributed by atoms with Gasteiger partial charge in [-0.1, -0.05) is 18.2 Å². The number of carbonyl (C=O) groups is 1. The molecule has 150 valence electrons. The first-order valence-corrected chi connectivity index (χ1v) is 9.74. The van der Waals surface area contributed by atoms with E-state index >= 15 is 0 Å². The van der Waals surface area contributed by atoms with Crippen molar-refractivity contribution >= 4 is 33.5 Å². The zero-order valence-electron chi connectivity index (χ0n) is 16.6. The Balaban J connectivity index is 1.58. The summed E-state index contributed by atoms with van der Waals surface area (Å²) >= 11 is 0. The van der Waals surface area contributed by atoms with Gasteiger partial charge >= 0.3 is 5.63 Å². The number of nitrogens with one attached hydrogen (secondary N) is 1. The lowest BCUT2D eigenvalue weighted by molar-refractivity contribution is 0.102. The lowest BCUT2D eigenvalue weighted by Crippen LogP contribution is -2.13. The van der Waals surface area contributed by atoms with Gasteiger partial charge in [0.1, 0.15) is 5.58 Å². The van der Waals surface area contributed by atoms with Gasteiger partial charge in [0.2, 0.25) is 0 Å². The Morgan fingerprint density at radius 3 is 2.58 bits per heavy atom. The van der Waals surface area contributed by atoms with Gasteiger partial charge in [-0.3, -0.25) is 9.78 Å². The van der Waals surface area contributed by atoms with Gasteiger partial charge in [0.15, 0.2) is 0 Å². The molecular weight excluding hydrogens is 390 g/mol. The third-order valence-corrected chi connectivity index (χ3v) is 5.15. The highest BCUT2D eigenvalue weighted by atomic mass is 16.4. The second-order valence-electron chi connectivity index (χ2n) is 7.22. The molecule has 0 bridgehead atoms. The molecule has 1 amide bonds. The molecule has 0 atom stereocenters. The number of amides is 1. The summed E-state index contributed by atoms with van der Waals surface area (Å²) in [6.45, 7) is 1.85. The van der Waals surface area contributed by atoms with Crippen LogP contribution in [0.2, 0.25) is 0 Å². The molecule has 0 spiro atoms. The molecular formula is C25H17N3O3. The molecule has 1 N–H and O–H groups in total. The van der Waals surface area contributed by atoms with Crippen molar-refractivity contribution in [1.29, 1.82) is 0 Å². The highest BCUT2D eigenvalue weighted by Gasteiger charge is 2.15. The third-order valence-electron chi connectivity index (χ3n) is 5.15. The van der Waals surface area contributed by atoms with Crippen molar-refractivity contribution in [3.63, 3.8) is 0 Å². The normalized spacial score (nSPS) is 11.0. The van der Waals surface area contributed by atoms with Crippen molar-refractivity contribution in [3.8, 4) is 11.3 Å². The average molecular weight is 407 g/mol. The first-order chi connectivity index (χ1) is 15.1. The number of aromatic nitrogens is 2. The highest BCUT2D eigenvalue weighted by Crippen LogP contribution is 2.26. The minimum absolute atomic E-state index is 0.275. The van der Waals surface area contributed by atoms with Gasteiger partial charge in [0, 0.05) is 46.5 Å². The molecule has 0 aliphatic heterocycles. The van der Waals surface area contributed by atoms with E-state index in [1.165, 1.54) is 6.07 Å². The largest absolute Gasteiger partial charge is 0.423 e. The number of nitrogens with zero attached hydrogens (tertiary/aromatic N) is 2. The van der Waals surface area contributed by atoms with Crippen molar-refractivity contribution in [2.75, 3.05) is 5.32 Å². The maximum Gasteiger partial charge on any atom is 0.336 e. The molecule has 5 aromatic rings. The predicted molar refractivity (Wildman–Crippen MR) is 120 cm³/mol. The SMILES string of the molecule is Cc1cc(=O)oc2cc(NC(=O)c3cc(-c4ccncc4)nc4ccccc34)ccc12. The van der Waals surface area contributed by atoms with Crippen LogP contribution in [0, 0.1) is 6.92 Å². The maximum atomic E-state index is 13.2. The summed E-state index contributed by atoms with van der Waals surface area (Å²) in [5, 5.41) is 4.50. The van der Waals surface area contributed by atoms with Crippen LogP contribution in [0.1, 0.15) is 15.9 Å². The highest BCUT2D eigenvalue weighted by molar-refractivity contribution is 6.13. The van der Waals surface area contributed by atoms with Crippen LogP contribution in [0.5, 0.6) is 0 Å².